The molecule has 0 bridgehead atoms. The molecule has 2 aliphatic rings. The fourth-order valence-corrected chi connectivity index (χ4v) is 6.71. The van der Waals surface area contributed by atoms with Gasteiger partial charge in [0.1, 0.15) is 5.75 Å². The fourth-order valence-electron chi connectivity index (χ4n) is 4.87. The highest BCUT2D eigenvalue weighted by atomic mass is 35.5. The lowest BCUT2D eigenvalue weighted by atomic mass is 9.70. The van der Waals surface area contributed by atoms with Crippen molar-refractivity contribution in [3.63, 3.8) is 0 Å². The maximum absolute atomic E-state index is 13.2. The second kappa shape index (κ2) is 9.99. The third-order valence-electron chi connectivity index (χ3n) is 6.49. The number of carbonyl (C=O) groups excluding carboxylic acids is 1. The van der Waals surface area contributed by atoms with Crippen LogP contribution >= 0.6 is 23.2 Å². The summed E-state index contributed by atoms with van der Waals surface area (Å²) in [6.07, 6.45) is 1.73. The highest BCUT2D eigenvalue weighted by Gasteiger charge is 2.50. The molecular formula is C20H17Cl2F6N3O6S2. The molecule has 2 heterocycles. The van der Waals surface area contributed by atoms with Gasteiger partial charge in [0.15, 0.2) is 0 Å². The summed E-state index contributed by atoms with van der Waals surface area (Å²) in [6.45, 7) is 0.219. The quantitative estimate of drug-likeness (QED) is 0.280. The molecule has 2 aromatic rings. The Bertz CT molecular complexity index is 1500. The number of fused-ring (bicyclic) bond motifs is 1. The number of nitrogens with one attached hydrogen (secondary N) is 1. The summed E-state index contributed by atoms with van der Waals surface area (Å²) in [6, 6.07) is 1.50. The van der Waals surface area contributed by atoms with E-state index in [0.29, 0.717) is 6.42 Å². The number of benzene rings is 1. The molecule has 1 fully saturated rings. The second-order valence-corrected chi connectivity index (χ2v) is 13.0. The van der Waals surface area contributed by atoms with Crippen LogP contribution in [-0.2, 0) is 31.4 Å². The largest absolute Gasteiger partial charge is 0.534 e. The summed E-state index contributed by atoms with van der Waals surface area (Å²) in [5, 5.41) is 5.57. The van der Waals surface area contributed by atoms with E-state index < -0.39 is 60.6 Å². The average molecular weight is 644 g/mol. The first-order valence-corrected chi connectivity index (χ1v) is 14.6. The molecule has 0 spiro atoms. The number of aromatic nitrogens is 2. The highest BCUT2D eigenvalue weighted by Crippen LogP contribution is 2.51. The first-order valence-electron chi connectivity index (χ1n) is 11.0. The SMILES string of the molecule is O=C1NCCC1[C@H](c1c(Cl)cc(OS(=O)(=O)C(F)(F)F)cc1Cl)C1CCCc2cn(S(=O)(=O)C(F)(F)F)nc21. The lowest BCUT2D eigenvalue weighted by Gasteiger charge is -2.34. The van der Waals surface area contributed by atoms with Gasteiger partial charge in [-0.3, -0.25) is 4.79 Å². The van der Waals surface area contributed by atoms with Gasteiger partial charge in [-0.1, -0.05) is 23.2 Å². The number of hydrogen-bond donors (Lipinski definition) is 1. The summed E-state index contributed by atoms with van der Waals surface area (Å²) in [7, 11) is -11.9. The zero-order chi connectivity index (χ0) is 29.1. The molecule has 1 N–H and O–H groups in total. The number of halogens is 8. The number of carbonyl (C=O) groups is 1. The van der Waals surface area contributed by atoms with E-state index >= 15 is 0 Å². The van der Waals surface area contributed by atoms with Gasteiger partial charge in [0.05, 0.1) is 5.69 Å². The summed E-state index contributed by atoms with van der Waals surface area (Å²) < 4.78 is 129. The Morgan fingerprint density at radius 2 is 1.62 bits per heavy atom. The summed E-state index contributed by atoms with van der Waals surface area (Å²) in [4.78, 5) is 12.7. The standard InChI is InChI=1S/C20H17Cl2F6N3O6S2/c21-13-6-10(37-39(35,36)20(26,27)28)7-14(22)16(13)15(12-4-5-29-18(12)32)11-3-1-2-9-8-31(30-17(9)11)38(33,34)19(23,24)25/h6-8,11-12,15H,1-5H2,(H,29,32)/t11?,12?,15-/m1/s1. The molecule has 1 aromatic carbocycles. The van der Waals surface area contributed by atoms with Crippen molar-refractivity contribution in [2.45, 2.75) is 48.5 Å². The average Bonchev–Trinajstić information content (AvgIpc) is 3.41. The molecule has 0 radical (unpaired) electrons. The smallest absolute Gasteiger partial charge is 0.376 e. The van der Waals surface area contributed by atoms with Gasteiger partial charge in [0.2, 0.25) is 5.91 Å². The maximum Gasteiger partial charge on any atom is 0.534 e. The minimum Gasteiger partial charge on any atom is -0.376 e. The minimum absolute atomic E-state index is 0.0109. The highest BCUT2D eigenvalue weighted by molar-refractivity contribution is 7.90. The molecule has 1 amide bonds. The lowest BCUT2D eigenvalue weighted by molar-refractivity contribution is -0.123. The molecule has 9 nitrogen and oxygen atoms in total. The summed E-state index contributed by atoms with van der Waals surface area (Å²) in [5.74, 6) is -4.12. The number of hydrogen-bond acceptors (Lipinski definition) is 7. The predicted octanol–water partition coefficient (Wildman–Crippen LogP) is 4.46. The molecule has 2 unspecified atom stereocenters. The third-order valence-corrected chi connectivity index (χ3v) is 9.36. The molecule has 1 aliphatic carbocycles. The number of aryl methyl sites for hydroxylation is 1. The van der Waals surface area contributed by atoms with E-state index in [9.17, 15) is 48.0 Å². The normalized spacial score (nSPS) is 21.4. The Hall–Kier alpha value is -2.24. The zero-order valence-electron chi connectivity index (χ0n) is 19.2. The molecule has 39 heavy (non-hydrogen) atoms. The topological polar surface area (TPSA) is 124 Å². The molecular weight excluding hydrogens is 627 g/mol. The van der Waals surface area contributed by atoms with Gasteiger partial charge < -0.3 is 9.50 Å². The van der Waals surface area contributed by atoms with E-state index in [0.717, 1.165) is 18.3 Å². The Morgan fingerprint density at radius 1 is 1.00 bits per heavy atom. The van der Waals surface area contributed by atoms with Crippen molar-refractivity contribution >= 4 is 49.3 Å². The number of rotatable bonds is 6. The van der Waals surface area contributed by atoms with Crippen LogP contribution in [0, 0.1) is 5.92 Å². The van der Waals surface area contributed by atoms with Gasteiger partial charge in [0.25, 0.3) is 0 Å². The van der Waals surface area contributed by atoms with Crippen molar-refractivity contribution in [3.8, 4) is 5.75 Å². The van der Waals surface area contributed by atoms with Crippen LogP contribution in [-0.4, -0.2) is 49.5 Å². The van der Waals surface area contributed by atoms with Gasteiger partial charge in [-0.05, 0) is 36.8 Å². The molecule has 0 saturated carbocycles. The molecule has 1 saturated heterocycles. The van der Waals surface area contributed by atoms with E-state index in [-0.39, 0.29) is 56.8 Å². The van der Waals surface area contributed by atoms with Crippen LogP contribution in [0.25, 0.3) is 0 Å². The van der Waals surface area contributed by atoms with E-state index in [2.05, 4.69) is 14.6 Å². The van der Waals surface area contributed by atoms with Gasteiger partial charge in [-0.25, -0.2) is 0 Å². The first-order chi connectivity index (χ1) is 17.8. The Morgan fingerprint density at radius 3 is 2.13 bits per heavy atom. The summed E-state index contributed by atoms with van der Waals surface area (Å²) >= 11 is 12.7. The minimum atomic E-state index is -6.07. The van der Waals surface area contributed by atoms with E-state index in [1.165, 1.54) is 0 Å². The van der Waals surface area contributed by atoms with E-state index in [1.807, 2.05) is 0 Å². The van der Waals surface area contributed by atoms with Gasteiger partial charge >= 0.3 is 31.2 Å². The van der Waals surface area contributed by atoms with Crippen LogP contribution in [0.5, 0.6) is 5.75 Å². The van der Waals surface area contributed by atoms with Crippen LogP contribution in [0.2, 0.25) is 10.0 Å². The Kier molecular flexibility index (Phi) is 7.62. The van der Waals surface area contributed by atoms with Crippen LogP contribution in [0.4, 0.5) is 26.3 Å². The van der Waals surface area contributed by atoms with E-state index in [4.69, 9.17) is 23.2 Å². The molecule has 3 atom stereocenters. The second-order valence-electron chi connectivity index (χ2n) is 8.86. The third kappa shape index (κ3) is 5.41. The zero-order valence-corrected chi connectivity index (χ0v) is 22.3. The van der Waals surface area contributed by atoms with Crippen molar-refractivity contribution in [2.75, 3.05) is 6.54 Å². The summed E-state index contributed by atoms with van der Waals surface area (Å²) in [5.41, 5.74) is -11.2. The predicted molar refractivity (Wildman–Crippen MR) is 124 cm³/mol. The van der Waals surface area contributed by atoms with Gasteiger partial charge in [0, 0.05) is 52.7 Å². The molecule has 4 rings (SSSR count). The molecule has 1 aliphatic heterocycles. The van der Waals surface area contributed by atoms with Crippen molar-refractivity contribution in [1.29, 1.82) is 0 Å². The van der Waals surface area contributed by atoms with Crippen LogP contribution in [0.15, 0.2) is 18.3 Å². The lowest BCUT2D eigenvalue weighted by Crippen LogP contribution is -2.31. The van der Waals surface area contributed by atoms with Crippen LogP contribution in [0.3, 0.4) is 0 Å². The van der Waals surface area contributed by atoms with Gasteiger partial charge in [-0.2, -0.15) is 52.4 Å². The Balaban J connectivity index is 1.84. The fraction of sp³-hybridized carbons (Fsp3) is 0.500. The maximum atomic E-state index is 13.2. The Labute approximate surface area is 227 Å². The van der Waals surface area contributed by atoms with Crippen molar-refractivity contribution in [2.24, 2.45) is 5.92 Å². The molecule has 19 heteroatoms. The van der Waals surface area contributed by atoms with Crippen molar-refractivity contribution in [1.82, 2.24) is 14.5 Å². The number of nitrogens with zero attached hydrogens (tertiary/aromatic N) is 2. The number of amides is 1. The van der Waals surface area contributed by atoms with Crippen LogP contribution < -0.4 is 9.50 Å². The molecule has 1 aromatic heterocycles. The molecule has 216 valence electrons. The van der Waals surface area contributed by atoms with Gasteiger partial charge in [-0.15, -0.1) is 0 Å². The van der Waals surface area contributed by atoms with Crippen molar-refractivity contribution in [3.05, 3.63) is 45.2 Å². The van der Waals surface area contributed by atoms with Crippen LogP contribution in [0.1, 0.15) is 47.9 Å². The number of alkyl halides is 6. The first kappa shape index (κ1) is 29.7. The van der Waals surface area contributed by atoms with E-state index in [1.54, 1.807) is 0 Å². The van der Waals surface area contributed by atoms with Crippen molar-refractivity contribution < 1.29 is 52.2 Å². The monoisotopic (exact) mass is 643 g/mol.